The van der Waals surface area contributed by atoms with Crippen LogP contribution in [0.4, 0.5) is 5.69 Å². The van der Waals surface area contributed by atoms with E-state index in [9.17, 15) is 4.79 Å². The molecular weight excluding hydrogens is 286 g/mol. The van der Waals surface area contributed by atoms with Crippen molar-refractivity contribution in [2.24, 2.45) is 0 Å². The van der Waals surface area contributed by atoms with E-state index in [0.717, 1.165) is 18.7 Å². The van der Waals surface area contributed by atoms with E-state index in [2.05, 4.69) is 39.5 Å². The lowest BCUT2D eigenvalue weighted by Crippen LogP contribution is -2.29. The van der Waals surface area contributed by atoms with Gasteiger partial charge in [-0.05, 0) is 56.0 Å². The summed E-state index contributed by atoms with van der Waals surface area (Å²) in [4.78, 5) is 18.6. The van der Waals surface area contributed by atoms with Crippen LogP contribution in [0.5, 0.6) is 0 Å². The van der Waals surface area contributed by atoms with Gasteiger partial charge >= 0.3 is 0 Å². The zero-order valence-corrected chi connectivity index (χ0v) is 13.5. The molecule has 1 aromatic heterocycles. The fourth-order valence-electron chi connectivity index (χ4n) is 2.99. The van der Waals surface area contributed by atoms with Gasteiger partial charge in [0.25, 0.3) is 5.91 Å². The Labute approximate surface area is 137 Å². The van der Waals surface area contributed by atoms with Crippen molar-refractivity contribution >= 4 is 11.6 Å². The minimum absolute atomic E-state index is 0.0295. The van der Waals surface area contributed by atoms with Crippen LogP contribution in [0.3, 0.4) is 0 Å². The molecule has 2 heterocycles. The number of carbonyl (C=O) groups excluding carboxylic acids is 1. The molecule has 120 valence electrons. The van der Waals surface area contributed by atoms with E-state index in [1.807, 2.05) is 6.92 Å². The van der Waals surface area contributed by atoms with Crippen LogP contribution in [0.2, 0.25) is 0 Å². The summed E-state index contributed by atoms with van der Waals surface area (Å²) in [7, 11) is 0. The average molecular weight is 309 g/mol. The number of amides is 1. The summed E-state index contributed by atoms with van der Waals surface area (Å²) in [6, 6.07) is 12.1. The molecule has 1 aliphatic heterocycles. The molecule has 0 spiro atoms. The Kier molecular flexibility index (Phi) is 4.91. The highest BCUT2D eigenvalue weighted by atomic mass is 16.1. The minimum Gasteiger partial charge on any atom is -0.372 e. The highest BCUT2D eigenvalue weighted by Crippen LogP contribution is 2.22. The van der Waals surface area contributed by atoms with Gasteiger partial charge in [-0.2, -0.15) is 0 Å². The zero-order chi connectivity index (χ0) is 16.1. The van der Waals surface area contributed by atoms with Crippen LogP contribution in [-0.4, -0.2) is 24.0 Å². The quantitative estimate of drug-likeness (QED) is 0.939. The third-order valence-corrected chi connectivity index (χ3v) is 4.39. The Balaban J connectivity index is 1.63. The van der Waals surface area contributed by atoms with Gasteiger partial charge in [0.1, 0.15) is 0 Å². The predicted octanol–water partition coefficient (Wildman–Crippen LogP) is 3.56. The molecule has 2 aromatic rings. The number of hydrogen-bond acceptors (Lipinski definition) is 3. The Bertz CT molecular complexity index is 633. The maximum atomic E-state index is 12.2. The third-order valence-electron chi connectivity index (χ3n) is 4.39. The number of nitrogens with one attached hydrogen (secondary N) is 1. The number of piperidine rings is 1. The van der Waals surface area contributed by atoms with Crippen molar-refractivity contribution in [3.8, 4) is 0 Å². The molecule has 0 saturated carbocycles. The van der Waals surface area contributed by atoms with E-state index in [-0.39, 0.29) is 11.9 Å². The maximum absolute atomic E-state index is 12.2. The molecule has 1 saturated heterocycles. The van der Waals surface area contributed by atoms with E-state index in [1.165, 1.54) is 24.9 Å². The molecule has 3 rings (SSSR count). The van der Waals surface area contributed by atoms with Crippen LogP contribution in [0.25, 0.3) is 0 Å². The molecule has 0 aliphatic carbocycles. The second-order valence-corrected chi connectivity index (χ2v) is 6.08. The summed E-state index contributed by atoms with van der Waals surface area (Å²) in [6.07, 6.45) is 7.14. The molecule has 4 nitrogen and oxygen atoms in total. The van der Waals surface area contributed by atoms with Crippen molar-refractivity contribution in [2.75, 3.05) is 18.0 Å². The summed E-state index contributed by atoms with van der Waals surface area (Å²) in [6.45, 7) is 4.30. The highest BCUT2D eigenvalue weighted by Gasteiger charge is 2.13. The van der Waals surface area contributed by atoms with Crippen molar-refractivity contribution in [1.29, 1.82) is 0 Å². The van der Waals surface area contributed by atoms with Gasteiger partial charge in [-0.25, -0.2) is 0 Å². The standard InChI is InChI=1S/C19H23N3O/c1-15(21-19(23)17-6-5-11-20-14-17)16-7-9-18(10-8-16)22-12-3-2-4-13-22/h5-11,14-15H,2-4,12-13H2,1H3,(H,21,23). The molecule has 1 atom stereocenters. The van der Waals surface area contributed by atoms with Gasteiger partial charge in [-0.1, -0.05) is 12.1 Å². The molecule has 1 aromatic carbocycles. The first-order valence-electron chi connectivity index (χ1n) is 8.30. The SMILES string of the molecule is CC(NC(=O)c1cccnc1)c1ccc(N2CCCCC2)cc1. The molecular formula is C19H23N3O. The summed E-state index contributed by atoms with van der Waals surface area (Å²) >= 11 is 0. The minimum atomic E-state index is -0.0919. The molecule has 23 heavy (non-hydrogen) atoms. The lowest BCUT2D eigenvalue weighted by atomic mass is 10.1. The van der Waals surface area contributed by atoms with E-state index in [0.29, 0.717) is 5.56 Å². The summed E-state index contributed by atoms with van der Waals surface area (Å²) in [5, 5.41) is 3.02. The first-order chi connectivity index (χ1) is 11.2. The van der Waals surface area contributed by atoms with Gasteiger partial charge in [0.05, 0.1) is 11.6 Å². The summed E-state index contributed by atoms with van der Waals surface area (Å²) in [5.74, 6) is -0.0919. The maximum Gasteiger partial charge on any atom is 0.253 e. The monoisotopic (exact) mass is 309 g/mol. The van der Waals surface area contributed by atoms with Crippen LogP contribution in [-0.2, 0) is 0 Å². The summed E-state index contributed by atoms with van der Waals surface area (Å²) in [5.41, 5.74) is 2.98. The molecule has 1 fully saturated rings. The second kappa shape index (κ2) is 7.27. The van der Waals surface area contributed by atoms with E-state index in [4.69, 9.17) is 0 Å². The fourth-order valence-corrected chi connectivity index (χ4v) is 2.99. The van der Waals surface area contributed by atoms with Gasteiger partial charge in [-0.15, -0.1) is 0 Å². The predicted molar refractivity (Wildman–Crippen MR) is 92.6 cm³/mol. The van der Waals surface area contributed by atoms with Gasteiger partial charge in [0.2, 0.25) is 0 Å². The molecule has 1 aliphatic rings. The fraction of sp³-hybridized carbons (Fsp3) is 0.368. The van der Waals surface area contributed by atoms with Crippen molar-refractivity contribution in [1.82, 2.24) is 10.3 Å². The van der Waals surface area contributed by atoms with Crippen molar-refractivity contribution in [3.05, 3.63) is 59.9 Å². The molecule has 1 amide bonds. The molecule has 0 bridgehead atoms. The third kappa shape index (κ3) is 3.89. The lowest BCUT2D eigenvalue weighted by Gasteiger charge is -2.29. The molecule has 1 N–H and O–H groups in total. The second-order valence-electron chi connectivity index (χ2n) is 6.08. The van der Waals surface area contributed by atoms with Gasteiger partial charge in [0.15, 0.2) is 0 Å². The van der Waals surface area contributed by atoms with E-state index in [1.54, 1.807) is 24.5 Å². The number of carbonyl (C=O) groups is 1. The Morgan fingerprint density at radius 3 is 2.52 bits per heavy atom. The van der Waals surface area contributed by atoms with Crippen LogP contribution < -0.4 is 10.2 Å². The first-order valence-corrected chi connectivity index (χ1v) is 8.30. The lowest BCUT2D eigenvalue weighted by molar-refractivity contribution is 0.0939. The topological polar surface area (TPSA) is 45.2 Å². The highest BCUT2D eigenvalue weighted by molar-refractivity contribution is 5.94. The first kappa shape index (κ1) is 15.5. The smallest absolute Gasteiger partial charge is 0.253 e. The van der Waals surface area contributed by atoms with Crippen LogP contribution >= 0.6 is 0 Å². The Morgan fingerprint density at radius 2 is 1.87 bits per heavy atom. The summed E-state index contributed by atoms with van der Waals surface area (Å²) < 4.78 is 0. The number of hydrogen-bond donors (Lipinski definition) is 1. The normalized spacial score (nSPS) is 16.0. The van der Waals surface area contributed by atoms with Gasteiger partial charge in [0, 0.05) is 31.2 Å². The number of pyridine rings is 1. The number of rotatable bonds is 4. The van der Waals surface area contributed by atoms with E-state index >= 15 is 0 Å². The Hall–Kier alpha value is -2.36. The molecule has 0 radical (unpaired) electrons. The number of anilines is 1. The average Bonchev–Trinajstić information content (AvgIpc) is 2.63. The Morgan fingerprint density at radius 1 is 1.13 bits per heavy atom. The van der Waals surface area contributed by atoms with Crippen molar-refractivity contribution < 1.29 is 4.79 Å². The number of benzene rings is 1. The van der Waals surface area contributed by atoms with Crippen LogP contribution in [0.15, 0.2) is 48.8 Å². The van der Waals surface area contributed by atoms with Crippen molar-refractivity contribution in [3.63, 3.8) is 0 Å². The van der Waals surface area contributed by atoms with Crippen molar-refractivity contribution in [2.45, 2.75) is 32.2 Å². The number of nitrogens with zero attached hydrogens (tertiary/aromatic N) is 2. The largest absolute Gasteiger partial charge is 0.372 e. The molecule has 1 unspecified atom stereocenters. The zero-order valence-electron chi connectivity index (χ0n) is 13.5. The van der Waals surface area contributed by atoms with Gasteiger partial charge < -0.3 is 10.2 Å². The van der Waals surface area contributed by atoms with Crippen LogP contribution in [0.1, 0.15) is 48.1 Å². The van der Waals surface area contributed by atoms with Gasteiger partial charge in [-0.3, -0.25) is 9.78 Å². The van der Waals surface area contributed by atoms with Crippen LogP contribution in [0, 0.1) is 0 Å². The molecule has 4 heteroatoms. The van der Waals surface area contributed by atoms with E-state index < -0.39 is 0 Å². The number of aromatic nitrogens is 1.